The van der Waals surface area contributed by atoms with E-state index in [0.717, 1.165) is 43.9 Å². The van der Waals surface area contributed by atoms with Crippen LogP contribution in [0.25, 0.3) is 197 Å². The second-order valence-corrected chi connectivity index (χ2v) is 25.4. The van der Waals surface area contributed by atoms with Crippen molar-refractivity contribution < 1.29 is 8.83 Å². The second-order valence-electron chi connectivity index (χ2n) is 25.4. The van der Waals surface area contributed by atoms with Crippen LogP contribution in [0.15, 0.2) is 361 Å². The molecule has 96 heavy (non-hydrogen) atoms. The van der Waals surface area contributed by atoms with Crippen molar-refractivity contribution in [1.82, 2.24) is 0 Å². The molecule has 0 unspecified atom stereocenters. The minimum Gasteiger partial charge on any atom is -0.456 e. The van der Waals surface area contributed by atoms with Gasteiger partial charge in [-0.05, 0) is 208 Å². The van der Waals surface area contributed by atoms with E-state index in [2.05, 4.69) is 352 Å². The van der Waals surface area contributed by atoms with E-state index in [1.54, 1.807) is 0 Å². The number of fused-ring (bicyclic) bond motifs is 13. The van der Waals surface area contributed by atoms with Gasteiger partial charge in [-0.3, -0.25) is 0 Å². The van der Waals surface area contributed by atoms with Gasteiger partial charge in [0.05, 0.1) is 0 Å². The Balaban J connectivity index is 0.000000135. The van der Waals surface area contributed by atoms with Gasteiger partial charge in [-0.15, -0.1) is 0 Å². The second kappa shape index (κ2) is 22.6. The van der Waals surface area contributed by atoms with Crippen molar-refractivity contribution in [3.63, 3.8) is 0 Å². The molecule has 20 aromatic rings. The van der Waals surface area contributed by atoms with Gasteiger partial charge in [0.1, 0.15) is 22.3 Å². The van der Waals surface area contributed by atoms with Crippen LogP contribution in [-0.4, -0.2) is 0 Å². The van der Waals surface area contributed by atoms with Crippen LogP contribution in [0, 0.1) is 0 Å². The lowest BCUT2D eigenvalue weighted by Crippen LogP contribution is -1.91. The predicted molar refractivity (Wildman–Crippen MR) is 408 cm³/mol. The predicted octanol–water partition coefficient (Wildman–Crippen LogP) is 26.9. The average molecular weight is 1220 g/mol. The molecule has 0 radical (unpaired) electrons. The zero-order chi connectivity index (χ0) is 63.2. The van der Waals surface area contributed by atoms with E-state index in [0.29, 0.717) is 0 Å². The third-order valence-electron chi connectivity index (χ3n) is 19.9. The molecular formula is C94H58O2. The highest BCUT2D eigenvalue weighted by molar-refractivity contribution is 6.23. The summed E-state index contributed by atoms with van der Waals surface area (Å²) in [5.74, 6) is 0. The maximum absolute atomic E-state index is 6.28. The molecule has 0 fully saturated rings. The normalized spacial score (nSPS) is 11.8. The van der Waals surface area contributed by atoms with E-state index < -0.39 is 0 Å². The highest BCUT2D eigenvalue weighted by Gasteiger charge is 2.20. The molecule has 0 atom stereocenters. The first-order chi connectivity index (χ1) is 47.6. The summed E-state index contributed by atoms with van der Waals surface area (Å²) in [6.07, 6.45) is 0. The standard InChI is InChI=1S/C48H30O.C46H28O/c1-2-10-31(11-3-1)32-18-22-34(23-19-32)47-39-14-6-8-16-41(39)48(42-17-9-7-15-40(42)47)35-24-20-33(21-25-35)38-26-27-45-43(29-38)44-28-36-12-4-5-13-37(36)30-46(44)49-45;1-2-10-32-25-36(22-19-29(32)9-1)46-39-15-7-5-13-37(39)45(38-14-6-8-16-40(38)46)31-20-17-30(18-21-31)35-23-24-43-41(27-35)42-26-33-11-3-4-12-34(33)28-44(42)47-43/h1-30H;1-28H. The molecule has 0 bridgehead atoms. The fourth-order valence-corrected chi connectivity index (χ4v) is 15.2. The molecule has 2 aromatic heterocycles. The van der Waals surface area contributed by atoms with E-state index in [9.17, 15) is 0 Å². The quantitative estimate of drug-likeness (QED) is 0.149. The summed E-state index contributed by atoms with van der Waals surface area (Å²) >= 11 is 0. The molecule has 2 nitrogen and oxygen atoms in total. The highest BCUT2D eigenvalue weighted by Crippen LogP contribution is 2.47. The summed E-state index contributed by atoms with van der Waals surface area (Å²) in [6.45, 7) is 0. The van der Waals surface area contributed by atoms with E-state index in [-0.39, 0.29) is 0 Å². The third kappa shape index (κ3) is 9.33. The summed E-state index contributed by atoms with van der Waals surface area (Å²) in [5.41, 5.74) is 20.9. The largest absolute Gasteiger partial charge is 0.456 e. The van der Waals surface area contributed by atoms with Gasteiger partial charge in [-0.1, -0.05) is 297 Å². The Morgan fingerprint density at radius 2 is 0.375 bits per heavy atom. The molecule has 0 saturated heterocycles. The Labute approximate surface area is 554 Å². The van der Waals surface area contributed by atoms with Gasteiger partial charge >= 0.3 is 0 Å². The van der Waals surface area contributed by atoms with Crippen molar-refractivity contribution in [2.45, 2.75) is 0 Å². The molecule has 2 heterocycles. The molecule has 18 aromatic carbocycles. The van der Waals surface area contributed by atoms with Gasteiger partial charge in [0, 0.05) is 21.5 Å². The minimum atomic E-state index is 0.915. The number of hydrogen-bond acceptors (Lipinski definition) is 2. The van der Waals surface area contributed by atoms with E-state index in [1.165, 1.54) is 153 Å². The summed E-state index contributed by atoms with van der Waals surface area (Å²) in [7, 11) is 0. The molecule has 0 amide bonds. The molecule has 2 heteroatoms. The van der Waals surface area contributed by atoms with Crippen LogP contribution < -0.4 is 0 Å². The Hall–Kier alpha value is -12.6. The topological polar surface area (TPSA) is 26.3 Å². The van der Waals surface area contributed by atoms with Crippen molar-refractivity contribution in [3.05, 3.63) is 352 Å². The molecule has 0 spiro atoms. The molecule has 0 aliphatic carbocycles. The lowest BCUT2D eigenvalue weighted by atomic mass is 9.85. The van der Waals surface area contributed by atoms with Crippen LogP contribution >= 0.6 is 0 Å². The first-order valence-corrected chi connectivity index (χ1v) is 33.0. The molecule has 0 aliphatic heterocycles. The van der Waals surface area contributed by atoms with E-state index >= 15 is 0 Å². The first kappa shape index (κ1) is 55.1. The molecule has 0 saturated carbocycles. The summed E-state index contributed by atoms with van der Waals surface area (Å²) in [6, 6.07) is 128. The van der Waals surface area contributed by atoms with Crippen molar-refractivity contribution in [3.8, 4) is 77.9 Å². The molecular weight excluding hydrogens is 1160 g/mol. The van der Waals surface area contributed by atoms with Gasteiger partial charge in [0.25, 0.3) is 0 Å². The zero-order valence-corrected chi connectivity index (χ0v) is 52.3. The zero-order valence-electron chi connectivity index (χ0n) is 52.3. The minimum absolute atomic E-state index is 0.915. The van der Waals surface area contributed by atoms with Gasteiger partial charge < -0.3 is 8.83 Å². The summed E-state index contributed by atoms with van der Waals surface area (Å²) in [4.78, 5) is 0. The van der Waals surface area contributed by atoms with E-state index in [4.69, 9.17) is 8.83 Å². The maximum Gasteiger partial charge on any atom is 0.136 e. The van der Waals surface area contributed by atoms with Crippen LogP contribution in [0.4, 0.5) is 0 Å². The lowest BCUT2D eigenvalue weighted by Gasteiger charge is -2.18. The third-order valence-corrected chi connectivity index (χ3v) is 19.9. The van der Waals surface area contributed by atoms with Crippen molar-refractivity contribution in [1.29, 1.82) is 0 Å². The summed E-state index contributed by atoms with van der Waals surface area (Å²) < 4.78 is 12.6. The Kier molecular flexibility index (Phi) is 13.0. The van der Waals surface area contributed by atoms with E-state index in [1.807, 2.05) is 0 Å². The van der Waals surface area contributed by atoms with Crippen molar-refractivity contribution in [2.75, 3.05) is 0 Å². The number of furan rings is 2. The lowest BCUT2D eigenvalue weighted by molar-refractivity contribution is 0.669. The van der Waals surface area contributed by atoms with Gasteiger partial charge in [-0.25, -0.2) is 0 Å². The molecule has 20 rings (SSSR count). The monoisotopic (exact) mass is 1220 g/mol. The summed E-state index contributed by atoms with van der Waals surface area (Å²) in [5, 5.41) is 22.1. The fourth-order valence-electron chi connectivity index (χ4n) is 15.2. The van der Waals surface area contributed by atoms with Crippen LogP contribution in [0.5, 0.6) is 0 Å². The van der Waals surface area contributed by atoms with Gasteiger partial charge in [0.15, 0.2) is 0 Å². The molecule has 446 valence electrons. The van der Waals surface area contributed by atoms with Crippen LogP contribution in [-0.2, 0) is 0 Å². The van der Waals surface area contributed by atoms with Crippen LogP contribution in [0.1, 0.15) is 0 Å². The number of benzene rings is 18. The SMILES string of the molecule is c1ccc(-c2ccc(-c3c4ccccc4c(-c4ccc(-c5ccc6oc7cc8ccccc8cc7c6c5)cc4)c4ccccc34)cc2)cc1.c1ccc2cc(-c3c4ccccc4c(-c4ccc(-c5ccc6oc7cc8ccccc8cc7c6c5)cc4)c4ccccc34)ccc2c1. The highest BCUT2D eigenvalue weighted by atomic mass is 16.3. The molecule has 0 aliphatic rings. The van der Waals surface area contributed by atoms with Crippen LogP contribution in [0.2, 0.25) is 0 Å². The van der Waals surface area contributed by atoms with Gasteiger partial charge in [-0.2, -0.15) is 0 Å². The number of hydrogen-bond donors (Lipinski definition) is 0. The molecule has 0 N–H and O–H groups in total. The Morgan fingerprint density at radius 1 is 0.125 bits per heavy atom. The van der Waals surface area contributed by atoms with Crippen LogP contribution in [0.3, 0.4) is 0 Å². The van der Waals surface area contributed by atoms with Crippen molar-refractivity contribution in [2.24, 2.45) is 0 Å². The first-order valence-electron chi connectivity index (χ1n) is 33.0. The fraction of sp³-hybridized carbons (Fsp3) is 0. The van der Waals surface area contributed by atoms with Gasteiger partial charge in [0.2, 0.25) is 0 Å². The Bertz CT molecular complexity index is 6350. The Morgan fingerprint density at radius 3 is 0.750 bits per heavy atom. The number of rotatable bonds is 7. The maximum atomic E-state index is 6.28. The average Bonchev–Trinajstić information content (AvgIpc) is 1.05. The smallest absolute Gasteiger partial charge is 0.136 e. The van der Waals surface area contributed by atoms with Crippen molar-refractivity contribution >= 4 is 119 Å².